The number of hydrogen-bond acceptors (Lipinski definition) is 9. The lowest BCUT2D eigenvalue weighted by molar-refractivity contribution is -0.384. The summed E-state index contributed by atoms with van der Waals surface area (Å²) in [4.78, 5) is 10.6. The van der Waals surface area contributed by atoms with E-state index in [-0.39, 0.29) is 22.8 Å². The lowest BCUT2D eigenvalue weighted by Crippen LogP contribution is -2.15. The van der Waals surface area contributed by atoms with Gasteiger partial charge in [-0.2, -0.15) is 10.5 Å². The van der Waals surface area contributed by atoms with Gasteiger partial charge in [-0.25, -0.2) is 0 Å². The van der Waals surface area contributed by atoms with Gasteiger partial charge >= 0.3 is 0 Å². The number of nitro groups is 1. The molecule has 2 heterocycles. The summed E-state index contributed by atoms with van der Waals surface area (Å²) >= 11 is 0. The second kappa shape index (κ2) is 5.98. The summed E-state index contributed by atoms with van der Waals surface area (Å²) in [7, 11) is 0. The van der Waals surface area contributed by atoms with Gasteiger partial charge < -0.3 is 14.8 Å². The standard InChI is InChI=1S/C12H9N7O4/c13-5-7(12-15-17-18-16-12)6-14-8-3-10-11(23-2-1-22-10)4-9(8)19(20)21/h3-4,6,14H,1-2H2,(H,15,16,17,18). The Morgan fingerprint density at radius 1 is 1.43 bits per heavy atom. The molecule has 0 saturated heterocycles. The summed E-state index contributed by atoms with van der Waals surface area (Å²) in [6.45, 7) is 0.680. The van der Waals surface area contributed by atoms with Crippen molar-refractivity contribution in [3.8, 4) is 17.6 Å². The van der Waals surface area contributed by atoms with E-state index in [9.17, 15) is 10.1 Å². The number of nitriles is 1. The highest BCUT2D eigenvalue weighted by Crippen LogP contribution is 2.39. The molecule has 2 aromatic rings. The van der Waals surface area contributed by atoms with E-state index in [2.05, 4.69) is 25.9 Å². The van der Waals surface area contributed by atoms with Crippen molar-refractivity contribution in [1.29, 1.82) is 5.26 Å². The van der Waals surface area contributed by atoms with Crippen molar-refractivity contribution >= 4 is 16.9 Å². The predicted molar refractivity (Wildman–Crippen MR) is 75.5 cm³/mol. The lowest BCUT2D eigenvalue weighted by atomic mass is 10.2. The normalized spacial score (nSPS) is 13.3. The topological polar surface area (TPSA) is 152 Å². The first-order chi connectivity index (χ1) is 11.2. The second-order valence-electron chi connectivity index (χ2n) is 4.32. The van der Waals surface area contributed by atoms with Gasteiger partial charge in [-0.1, -0.05) is 0 Å². The van der Waals surface area contributed by atoms with Gasteiger partial charge in [-0.05, 0) is 5.21 Å². The number of rotatable bonds is 4. The minimum Gasteiger partial charge on any atom is -0.486 e. The molecule has 11 heteroatoms. The smallest absolute Gasteiger partial charge is 0.296 e. The number of nitro benzene ring substituents is 1. The van der Waals surface area contributed by atoms with Crippen molar-refractivity contribution in [1.82, 2.24) is 20.6 Å². The Kier molecular flexibility index (Phi) is 3.71. The number of fused-ring (bicyclic) bond motifs is 1. The van der Waals surface area contributed by atoms with Crippen molar-refractivity contribution in [2.45, 2.75) is 0 Å². The molecule has 11 nitrogen and oxygen atoms in total. The van der Waals surface area contributed by atoms with Crippen LogP contribution in [0, 0.1) is 21.4 Å². The highest BCUT2D eigenvalue weighted by molar-refractivity contribution is 5.77. The Hall–Kier alpha value is -3.68. The summed E-state index contributed by atoms with van der Waals surface area (Å²) in [5.41, 5.74) is -0.00525. The van der Waals surface area contributed by atoms with Gasteiger partial charge in [0.05, 0.1) is 11.0 Å². The molecule has 0 radical (unpaired) electrons. The lowest BCUT2D eigenvalue weighted by Gasteiger charge is -2.18. The molecular formula is C12H9N7O4. The largest absolute Gasteiger partial charge is 0.486 e. The van der Waals surface area contributed by atoms with Crippen molar-refractivity contribution in [2.75, 3.05) is 18.5 Å². The van der Waals surface area contributed by atoms with Crippen LogP contribution in [0.15, 0.2) is 18.3 Å². The maximum Gasteiger partial charge on any atom is 0.296 e. The minimum absolute atomic E-state index is 0.0583. The van der Waals surface area contributed by atoms with Gasteiger partial charge in [0.15, 0.2) is 11.5 Å². The van der Waals surface area contributed by atoms with Crippen LogP contribution in [0.4, 0.5) is 11.4 Å². The summed E-state index contributed by atoms with van der Waals surface area (Å²) in [5, 5.41) is 35.9. The first-order valence-corrected chi connectivity index (χ1v) is 6.37. The zero-order chi connectivity index (χ0) is 16.2. The number of nitrogens with zero attached hydrogens (tertiary/aromatic N) is 5. The molecule has 1 aromatic heterocycles. The number of H-pyrrole nitrogens is 1. The van der Waals surface area contributed by atoms with E-state index in [1.807, 2.05) is 6.07 Å². The van der Waals surface area contributed by atoms with Crippen LogP contribution in [-0.4, -0.2) is 38.8 Å². The zero-order valence-electron chi connectivity index (χ0n) is 11.5. The molecule has 1 aliphatic heterocycles. The first kappa shape index (κ1) is 14.3. The van der Waals surface area contributed by atoms with Crippen LogP contribution in [0.2, 0.25) is 0 Å². The first-order valence-electron chi connectivity index (χ1n) is 6.37. The number of hydrogen-bond donors (Lipinski definition) is 2. The molecule has 3 rings (SSSR count). The Bertz CT molecular complexity index is 810. The van der Waals surface area contributed by atoms with Crippen LogP contribution in [0.3, 0.4) is 0 Å². The average molecular weight is 315 g/mol. The molecule has 1 aromatic carbocycles. The number of anilines is 1. The van der Waals surface area contributed by atoms with E-state index < -0.39 is 4.92 Å². The highest BCUT2D eigenvalue weighted by Gasteiger charge is 2.22. The molecule has 1 aliphatic rings. The molecule has 116 valence electrons. The maximum atomic E-state index is 11.2. The zero-order valence-corrected chi connectivity index (χ0v) is 11.5. The Morgan fingerprint density at radius 3 is 2.78 bits per heavy atom. The molecule has 0 amide bonds. The molecule has 0 spiro atoms. The molecule has 0 saturated carbocycles. The van der Waals surface area contributed by atoms with Crippen LogP contribution in [0.5, 0.6) is 11.5 Å². The van der Waals surface area contributed by atoms with Crippen LogP contribution in [0.25, 0.3) is 5.57 Å². The highest BCUT2D eigenvalue weighted by atomic mass is 16.6. The van der Waals surface area contributed by atoms with Gasteiger partial charge in [-0.15, -0.1) is 10.2 Å². The van der Waals surface area contributed by atoms with E-state index in [0.29, 0.717) is 24.7 Å². The third-order valence-corrected chi connectivity index (χ3v) is 2.94. The fourth-order valence-electron chi connectivity index (χ4n) is 1.92. The fraction of sp³-hybridized carbons (Fsp3) is 0.167. The Balaban J connectivity index is 1.95. The summed E-state index contributed by atoms with van der Waals surface area (Å²) in [6.07, 6.45) is 1.25. The molecule has 0 fully saturated rings. The summed E-state index contributed by atoms with van der Waals surface area (Å²) < 4.78 is 10.7. The fourth-order valence-corrected chi connectivity index (χ4v) is 1.92. The molecule has 0 aliphatic carbocycles. The van der Waals surface area contributed by atoms with E-state index >= 15 is 0 Å². The SMILES string of the molecule is N#CC(=CNc1cc2c(cc1[N+](=O)[O-])OCCO2)c1nn[nH]n1. The third-order valence-electron chi connectivity index (χ3n) is 2.94. The van der Waals surface area contributed by atoms with Crippen molar-refractivity contribution in [3.05, 3.63) is 34.3 Å². The van der Waals surface area contributed by atoms with E-state index in [1.54, 1.807) is 0 Å². The number of ether oxygens (including phenoxy) is 2. The Morgan fingerprint density at radius 2 is 2.17 bits per heavy atom. The van der Waals surface area contributed by atoms with Crippen molar-refractivity contribution in [2.24, 2.45) is 0 Å². The second-order valence-corrected chi connectivity index (χ2v) is 4.32. The molecule has 0 atom stereocenters. The quantitative estimate of drug-likeness (QED) is 0.475. The number of tetrazole rings is 1. The summed E-state index contributed by atoms with van der Waals surface area (Å²) in [6, 6.07) is 4.58. The molecule has 2 N–H and O–H groups in total. The number of aromatic nitrogens is 4. The number of nitrogens with one attached hydrogen (secondary N) is 2. The van der Waals surface area contributed by atoms with Crippen LogP contribution in [-0.2, 0) is 0 Å². The molecule has 0 bridgehead atoms. The molecule has 23 heavy (non-hydrogen) atoms. The average Bonchev–Trinajstić information content (AvgIpc) is 3.09. The molecular weight excluding hydrogens is 306 g/mol. The van der Waals surface area contributed by atoms with E-state index in [4.69, 9.17) is 14.7 Å². The predicted octanol–water partition coefficient (Wildman–Crippen LogP) is 0.856. The number of benzene rings is 1. The maximum absolute atomic E-state index is 11.2. The summed E-state index contributed by atoms with van der Waals surface area (Å²) in [5.74, 6) is 0.757. The van der Waals surface area contributed by atoms with Gasteiger partial charge in [0.1, 0.15) is 30.5 Å². The van der Waals surface area contributed by atoms with Gasteiger partial charge in [-0.3, -0.25) is 10.1 Å². The van der Waals surface area contributed by atoms with Gasteiger partial charge in [0.2, 0.25) is 5.82 Å². The van der Waals surface area contributed by atoms with Crippen molar-refractivity contribution in [3.63, 3.8) is 0 Å². The van der Waals surface area contributed by atoms with E-state index in [1.165, 1.54) is 18.3 Å². The van der Waals surface area contributed by atoms with Crippen LogP contribution in [0.1, 0.15) is 5.82 Å². The van der Waals surface area contributed by atoms with Gasteiger partial charge in [0, 0.05) is 12.3 Å². The third kappa shape index (κ3) is 2.86. The monoisotopic (exact) mass is 315 g/mol. The van der Waals surface area contributed by atoms with Crippen molar-refractivity contribution < 1.29 is 14.4 Å². The number of allylic oxidation sites excluding steroid dienone is 1. The molecule has 0 unspecified atom stereocenters. The van der Waals surface area contributed by atoms with E-state index in [0.717, 1.165) is 0 Å². The van der Waals surface area contributed by atoms with Gasteiger partial charge in [0.25, 0.3) is 5.69 Å². The number of aromatic amines is 1. The van der Waals surface area contributed by atoms with Crippen LogP contribution >= 0.6 is 0 Å². The minimum atomic E-state index is -0.561. The Labute approximate surface area is 128 Å². The van der Waals surface area contributed by atoms with Crippen LogP contribution < -0.4 is 14.8 Å².